The van der Waals surface area contributed by atoms with Gasteiger partial charge in [-0.15, -0.1) is 0 Å². The van der Waals surface area contributed by atoms with E-state index in [2.05, 4.69) is 6.58 Å². The molecule has 1 aromatic carbocycles. The zero-order valence-electron chi connectivity index (χ0n) is 8.22. The molecule has 2 N–H and O–H groups in total. The molecule has 0 aliphatic carbocycles. The third-order valence-corrected chi connectivity index (χ3v) is 2.14. The first-order chi connectivity index (χ1) is 6.69. The van der Waals surface area contributed by atoms with Crippen LogP contribution in [0.3, 0.4) is 0 Å². The highest BCUT2D eigenvalue weighted by Gasteiger charge is 2.05. The molecule has 0 aliphatic heterocycles. The van der Waals surface area contributed by atoms with Crippen LogP contribution in [-0.4, -0.2) is 6.61 Å². The van der Waals surface area contributed by atoms with Crippen LogP contribution in [0, 0.1) is 0 Å². The Morgan fingerprint density at radius 3 is 2.86 bits per heavy atom. The number of benzene rings is 1. The molecule has 3 heteroatoms. The summed E-state index contributed by atoms with van der Waals surface area (Å²) in [6, 6.07) is 5.52. The molecular formula is C11H14ClNO. The van der Waals surface area contributed by atoms with E-state index in [0.717, 1.165) is 11.1 Å². The van der Waals surface area contributed by atoms with Crippen LogP contribution in [0.25, 0.3) is 5.76 Å². The summed E-state index contributed by atoms with van der Waals surface area (Å²) in [5.41, 5.74) is 7.48. The van der Waals surface area contributed by atoms with Crippen LogP contribution in [0.15, 0.2) is 24.8 Å². The van der Waals surface area contributed by atoms with Gasteiger partial charge >= 0.3 is 0 Å². The van der Waals surface area contributed by atoms with Gasteiger partial charge in [0.15, 0.2) is 0 Å². The summed E-state index contributed by atoms with van der Waals surface area (Å²) in [6.07, 6.45) is 0. The second-order valence-electron chi connectivity index (χ2n) is 2.86. The quantitative estimate of drug-likeness (QED) is 0.778. The molecule has 14 heavy (non-hydrogen) atoms. The molecule has 0 bridgehead atoms. The molecule has 0 aromatic heterocycles. The Morgan fingerprint density at radius 2 is 2.29 bits per heavy atom. The summed E-state index contributed by atoms with van der Waals surface area (Å²) in [5.74, 6) is 0.643. The lowest BCUT2D eigenvalue weighted by Crippen LogP contribution is -2.02. The Labute approximate surface area is 89.3 Å². The van der Waals surface area contributed by atoms with Crippen molar-refractivity contribution in [2.45, 2.75) is 13.5 Å². The lowest BCUT2D eigenvalue weighted by atomic mass is 10.1. The number of hydrogen-bond acceptors (Lipinski definition) is 2. The molecule has 0 saturated carbocycles. The van der Waals surface area contributed by atoms with Gasteiger partial charge in [0.2, 0.25) is 0 Å². The monoisotopic (exact) mass is 211 g/mol. The van der Waals surface area contributed by atoms with E-state index in [4.69, 9.17) is 22.1 Å². The number of ether oxygens (including phenoxy) is 1. The van der Waals surface area contributed by atoms with Crippen LogP contribution in [0.1, 0.15) is 18.1 Å². The molecule has 0 radical (unpaired) electrons. The first kappa shape index (κ1) is 11.1. The van der Waals surface area contributed by atoms with Crippen LogP contribution in [0.5, 0.6) is 0 Å². The summed E-state index contributed by atoms with van der Waals surface area (Å²) >= 11 is 5.85. The molecular weight excluding hydrogens is 198 g/mol. The van der Waals surface area contributed by atoms with Gasteiger partial charge in [0, 0.05) is 17.1 Å². The molecule has 0 fully saturated rings. The molecule has 2 nitrogen and oxygen atoms in total. The topological polar surface area (TPSA) is 35.2 Å². The second kappa shape index (κ2) is 5.03. The maximum atomic E-state index is 5.85. The van der Waals surface area contributed by atoms with Gasteiger partial charge < -0.3 is 10.5 Å². The largest absolute Gasteiger partial charge is 0.494 e. The third-order valence-electron chi connectivity index (χ3n) is 1.91. The van der Waals surface area contributed by atoms with E-state index in [1.165, 1.54) is 0 Å². The summed E-state index contributed by atoms with van der Waals surface area (Å²) in [7, 11) is 0. The highest BCUT2D eigenvalue weighted by Crippen LogP contribution is 2.22. The van der Waals surface area contributed by atoms with Crippen LogP contribution in [0.4, 0.5) is 0 Å². The van der Waals surface area contributed by atoms with Gasteiger partial charge in [0.1, 0.15) is 5.76 Å². The molecule has 1 aromatic rings. The van der Waals surface area contributed by atoms with Gasteiger partial charge in [-0.2, -0.15) is 0 Å². The number of halogens is 1. The third kappa shape index (κ3) is 2.50. The van der Waals surface area contributed by atoms with E-state index in [1.54, 1.807) is 6.07 Å². The van der Waals surface area contributed by atoms with Crippen LogP contribution in [0.2, 0.25) is 5.02 Å². The second-order valence-corrected chi connectivity index (χ2v) is 3.30. The van der Waals surface area contributed by atoms with Crippen molar-refractivity contribution in [2.75, 3.05) is 6.61 Å². The normalized spacial score (nSPS) is 9.93. The highest BCUT2D eigenvalue weighted by molar-refractivity contribution is 6.30. The fourth-order valence-electron chi connectivity index (χ4n) is 1.26. The van der Waals surface area contributed by atoms with Crippen molar-refractivity contribution in [2.24, 2.45) is 5.73 Å². The minimum Gasteiger partial charge on any atom is -0.494 e. The van der Waals surface area contributed by atoms with Crippen molar-refractivity contribution in [3.8, 4) is 0 Å². The molecule has 0 spiro atoms. The first-order valence-corrected chi connectivity index (χ1v) is 4.87. The Balaban J connectivity index is 3.01. The van der Waals surface area contributed by atoms with Gasteiger partial charge in [-0.05, 0) is 30.7 Å². The van der Waals surface area contributed by atoms with Gasteiger partial charge in [0.05, 0.1) is 6.61 Å². The number of nitrogens with two attached hydrogens (primary N) is 1. The Kier molecular flexibility index (Phi) is 3.98. The molecule has 76 valence electrons. The minimum absolute atomic E-state index is 0.433. The highest BCUT2D eigenvalue weighted by atomic mass is 35.5. The minimum atomic E-state index is 0.433. The number of rotatable bonds is 4. The molecule has 0 saturated heterocycles. The SMILES string of the molecule is C=C(OCC)c1ccc(Cl)cc1CN. The lowest BCUT2D eigenvalue weighted by Gasteiger charge is -2.11. The van der Waals surface area contributed by atoms with E-state index in [9.17, 15) is 0 Å². The molecule has 0 unspecified atom stereocenters. The summed E-state index contributed by atoms with van der Waals surface area (Å²) < 4.78 is 5.32. The van der Waals surface area contributed by atoms with Crippen molar-refractivity contribution >= 4 is 17.4 Å². The Bertz CT molecular complexity index is 336. The van der Waals surface area contributed by atoms with Crippen LogP contribution >= 0.6 is 11.6 Å². The average Bonchev–Trinajstić information content (AvgIpc) is 2.17. The van der Waals surface area contributed by atoms with E-state index in [-0.39, 0.29) is 0 Å². The fourth-order valence-corrected chi connectivity index (χ4v) is 1.45. The standard InChI is InChI=1S/C11H14ClNO/c1-3-14-8(2)11-5-4-10(12)6-9(11)7-13/h4-6H,2-3,7,13H2,1H3. The predicted octanol–water partition coefficient (Wildman–Crippen LogP) is 2.81. The average molecular weight is 212 g/mol. The van der Waals surface area contributed by atoms with E-state index >= 15 is 0 Å². The van der Waals surface area contributed by atoms with Gasteiger partial charge in [-0.1, -0.05) is 18.2 Å². The van der Waals surface area contributed by atoms with Crippen molar-refractivity contribution < 1.29 is 4.74 Å². The zero-order valence-corrected chi connectivity index (χ0v) is 8.97. The maximum absolute atomic E-state index is 5.85. The summed E-state index contributed by atoms with van der Waals surface area (Å²) in [5, 5.41) is 0.679. The Morgan fingerprint density at radius 1 is 1.57 bits per heavy atom. The van der Waals surface area contributed by atoms with Crippen molar-refractivity contribution in [3.05, 3.63) is 40.9 Å². The molecule has 0 heterocycles. The van der Waals surface area contributed by atoms with E-state index < -0.39 is 0 Å². The molecule has 0 amide bonds. The van der Waals surface area contributed by atoms with Crippen molar-refractivity contribution in [1.82, 2.24) is 0 Å². The fraction of sp³-hybridized carbons (Fsp3) is 0.273. The van der Waals surface area contributed by atoms with Gasteiger partial charge in [-0.25, -0.2) is 0 Å². The smallest absolute Gasteiger partial charge is 0.119 e. The number of hydrogen-bond donors (Lipinski definition) is 1. The predicted molar refractivity (Wildman–Crippen MR) is 60.0 cm³/mol. The van der Waals surface area contributed by atoms with Crippen molar-refractivity contribution in [1.29, 1.82) is 0 Å². The maximum Gasteiger partial charge on any atom is 0.119 e. The molecule has 1 rings (SSSR count). The van der Waals surface area contributed by atoms with E-state index in [0.29, 0.717) is 23.9 Å². The molecule has 0 atom stereocenters. The Hall–Kier alpha value is -0.990. The van der Waals surface area contributed by atoms with E-state index in [1.807, 2.05) is 19.1 Å². The van der Waals surface area contributed by atoms with Crippen LogP contribution in [-0.2, 0) is 11.3 Å². The van der Waals surface area contributed by atoms with Gasteiger partial charge in [0.25, 0.3) is 0 Å². The lowest BCUT2D eigenvalue weighted by molar-refractivity contribution is 0.299. The van der Waals surface area contributed by atoms with Gasteiger partial charge in [-0.3, -0.25) is 0 Å². The summed E-state index contributed by atoms with van der Waals surface area (Å²) in [6.45, 7) is 6.79. The molecule has 0 aliphatic rings. The van der Waals surface area contributed by atoms with Crippen molar-refractivity contribution in [3.63, 3.8) is 0 Å². The summed E-state index contributed by atoms with van der Waals surface area (Å²) in [4.78, 5) is 0. The zero-order chi connectivity index (χ0) is 10.6. The van der Waals surface area contributed by atoms with Crippen LogP contribution < -0.4 is 5.73 Å². The first-order valence-electron chi connectivity index (χ1n) is 4.49.